The molecule has 0 spiro atoms. The van der Waals surface area contributed by atoms with Gasteiger partial charge in [-0.1, -0.05) is 6.07 Å². The molecule has 4 heteroatoms. The number of hydrogen-bond donors (Lipinski definition) is 0. The summed E-state index contributed by atoms with van der Waals surface area (Å²) in [4.78, 5) is 0. The normalized spacial score (nSPS) is 17.6. The van der Waals surface area contributed by atoms with Crippen LogP contribution in [-0.4, -0.2) is 0 Å². The molecule has 0 bridgehead atoms. The third-order valence-corrected chi connectivity index (χ3v) is 2.08. The zero-order chi connectivity index (χ0) is 10.2. The minimum atomic E-state index is -1.26. The minimum Gasteiger partial charge on any atom is -0.453 e. The van der Waals surface area contributed by atoms with Crippen molar-refractivity contribution < 1.29 is 18.3 Å². The molecule has 1 aromatic carbocycles. The van der Waals surface area contributed by atoms with Crippen LogP contribution in [0.1, 0.15) is 12.5 Å². The van der Waals surface area contributed by atoms with E-state index in [0.717, 1.165) is 6.07 Å². The fraction of sp³-hybridized carbons (Fsp3) is 0.200. The van der Waals surface area contributed by atoms with E-state index >= 15 is 0 Å². The molecule has 2 nitrogen and oxygen atoms in total. The molecule has 0 saturated heterocycles. The summed E-state index contributed by atoms with van der Waals surface area (Å²) >= 11 is 0. The average molecular weight is 198 g/mol. The minimum absolute atomic E-state index is 0.0440. The molecule has 1 aromatic rings. The van der Waals surface area contributed by atoms with Crippen LogP contribution in [-0.2, 0) is 15.3 Å². The van der Waals surface area contributed by atoms with Crippen molar-refractivity contribution in [1.29, 1.82) is 0 Å². The molecule has 1 aliphatic heterocycles. The molecular weight excluding hydrogens is 190 g/mol. The molecule has 1 heterocycles. The molecule has 0 atom stereocenters. The van der Waals surface area contributed by atoms with E-state index in [1.54, 1.807) is 0 Å². The van der Waals surface area contributed by atoms with Gasteiger partial charge in [0.15, 0.2) is 11.6 Å². The molecule has 0 saturated carbocycles. The van der Waals surface area contributed by atoms with Gasteiger partial charge >= 0.3 is 0 Å². The Morgan fingerprint density at radius 2 is 1.79 bits per heavy atom. The standard InChI is InChI=1S/C10H8F2O2/c1-10(13-5-6-14-10)7-3-2-4-8(11)9(7)12/h2-6H,1H3. The van der Waals surface area contributed by atoms with Crippen LogP contribution in [0.4, 0.5) is 8.78 Å². The Kier molecular flexibility index (Phi) is 1.91. The van der Waals surface area contributed by atoms with Crippen molar-refractivity contribution in [3.63, 3.8) is 0 Å². The Morgan fingerprint density at radius 3 is 2.43 bits per heavy atom. The molecule has 1 aliphatic rings. The molecule has 0 N–H and O–H groups in total. The average Bonchev–Trinajstić information content (AvgIpc) is 2.58. The molecule has 0 unspecified atom stereocenters. The number of benzene rings is 1. The third kappa shape index (κ3) is 1.23. The maximum atomic E-state index is 13.3. The van der Waals surface area contributed by atoms with Crippen LogP contribution in [0.2, 0.25) is 0 Å². The van der Waals surface area contributed by atoms with Crippen LogP contribution >= 0.6 is 0 Å². The molecule has 74 valence electrons. The van der Waals surface area contributed by atoms with Crippen molar-refractivity contribution in [1.82, 2.24) is 0 Å². The first-order chi connectivity index (χ1) is 6.63. The van der Waals surface area contributed by atoms with Crippen LogP contribution in [0.5, 0.6) is 0 Å². The van der Waals surface area contributed by atoms with Crippen molar-refractivity contribution >= 4 is 0 Å². The Morgan fingerprint density at radius 1 is 1.14 bits per heavy atom. The second-order valence-electron chi connectivity index (χ2n) is 3.05. The summed E-state index contributed by atoms with van der Waals surface area (Å²) in [6.45, 7) is 1.52. The van der Waals surface area contributed by atoms with Crippen molar-refractivity contribution in [2.24, 2.45) is 0 Å². The van der Waals surface area contributed by atoms with E-state index in [9.17, 15) is 8.78 Å². The highest BCUT2D eigenvalue weighted by Gasteiger charge is 2.35. The quantitative estimate of drug-likeness (QED) is 0.690. The van der Waals surface area contributed by atoms with Crippen molar-refractivity contribution in [2.45, 2.75) is 12.7 Å². The second kappa shape index (κ2) is 2.97. The molecule has 0 amide bonds. The van der Waals surface area contributed by atoms with Gasteiger partial charge in [0.25, 0.3) is 5.79 Å². The fourth-order valence-corrected chi connectivity index (χ4v) is 1.32. The summed E-state index contributed by atoms with van der Waals surface area (Å²) in [5, 5.41) is 0. The first-order valence-electron chi connectivity index (χ1n) is 4.08. The summed E-state index contributed by atoms with van der Waals surface area (Å²) in [6.07, 6.45) is 2.59. The largest absolute Gasteiger partial charge is 0.453 e. The van der Waals surface area contributed by atoms with E-state index in [4.69, 9.17) is 9.47 Å². The molecule has 2 rings (SSSR count). The van der Waals surface area contributed by atoms with Gasteiger partial charge in [-0.25, -0.2) is 8.78 Å². The zero-order valence-electron chi connectivity index (χ0n) is 7.46. The summed E-state index contributed by atoms with van der Waals surface area (Å²) in [7, 11) is 0. The maximum absolute atomic E-state index is 13.3. The lowest BCUT2D eigenvalue weighted by atomic mass is 10.1. The first kappa shape index (κ1) is 8.99. The molecule has 0 aliphatic carbocycles. The van der Waals surface area contributed by atoms with E-state index in [2.05, 4.69) is 0 Å². The van der Waals surface area contributed by atoms with Gasteiger partial charge in [0, 0.05) is 6.92 Å². The molecule has 14 heavy (non-hydrogen) atoms. The molecule has 0 fully saturated rings. The SMILES string of the molecule is CC1(c2cccc(F)c2F)OC=CO1. The summed E-state index contributed by atoms with van der Waals surface area (Å²) in [5.74, 6) is -3.12. The van der Waals surface area contributed by atoms with Crippen LogP contribution in [0.3, 0.4) is 0 Å². The zero-order valence-corrected chi connectivity index (χ0v) is 7.46. The van der Waals surface area contributed by atoms with Gasteiger partial charge in [0.1, 0.15) is 12.5 Å². The lowest BCUT2D eigenvalue weighted by Gasteiger charge is -2.23. The second-order valence-corrected chi connectivity index (χ2v) is 3.05. The van der Waals surface area contributed by atoms with Gasteiger partial charge in [-0.15, -0.1) is 0 Å². The van der Waals surface area contributed by atoms with E-state index in [0.29, 0.717) is 0 Å². The maximum Gasteiger partial charge on any atom is 0.276 e. The van der Waals surface area contributed by atoms with E-state index in [1.807, 2.05) is 0 Å². The highest BCUT2D eigenvalue weighted by atomic mass is 19.2. The Bertz CT molecular complexity index is 380. The Labute approximate surface area is 79.8 Å². The Hall–Kier alpha value is -1.58. The fourth-order valence-electron chi connectivity index (χ4n) is 1.32. The number of rotatable bonds is 1. The van der Waals surface area contributed by atoms with Crippen LogP contribution in [0.25, 0.3) is 0 Å². The Balaban J connectivity index is 2.46. The van der Waals surface area contributed by atoms with Gasteiger partial charge < -0.3 is 9.47 Å². The van der Waals surface area contributed by atoms with Crippen LogP contribution in [0, 0.1) is 11.6 Å². The van der Waals surface area contributed by atoms with Crippen molar-refractivity contribution in [3.05, 3.63) is 47.9 Å². The van der Waals surface area contributed by atoms with Crippen LogP contribution < -0.4 is 0 Å². The lowest BCUT2D eigenvalue weighted by molar-refractivity contribution is -0.135. The van der Waals surface area contributed by atoms with Crippen molar-refractivity contribution in [3.8, 4) is 0 Å². The predicted octanol–water partition coefficient (Wildman–Crippen LogP) is 2.66. The smallest absolute Gasteiger partial charge is 0.276 e. The molecule has 0 aromatic heterocycles. The topological polar surface area (TPSA) is 18.5 Å². The van der Waals surface area contributed by atoms with Gasteiger partial charge in [0.05, 0.1) is 5.56 Å². The lowest BCUT2D eigenvalue weighted by Crippen LogP contribution is -2.24. The summed E-state index contributed by atoms with van der Waals surface area (Å²) < 4.78 is 36.3. The first-order valence-corrected chi connectivity index (χ1v) is 4.08. The van der Waals surface area contributed by atoms with Crippen LogP contribution in [0.15, 0.2) is 30.7 Å². The predicted molar refractivity (Wildman–Crippen MR) is 45.0 cm³/mol. The highest BCUT2D eigenvalue weighted by Crippen LogP contribution is 2.33. The number of hydrogen-bond acceptors (Lipinski definition) is 2. The molecule has 0 radical (unpaired) electrons. The van der Waals surface area contributed by atoms with Gasteiger partial charge in [-0.05, 0) is 12.1 Å². The van der Waals surface area contributed by atoms with Gasteiger partial charge in [-0.2, -0.15) is 0 Å². The van der Waals surface area contributed by atoms with E-state index in [-0.39, 0.29) is 5.56 Å². The molecular formula is C10H8F2O2. The third-order valence-electron chi connectivity index (χ3n) is 2.08. The monoisotopic (exact) mass is 198 g/mol. The summed E-state index contributed by atoms with van der Waals surface area (Å²) in [6, 6.07) is 3.88. The number of halogens is 2. The number of ether oxygens (including phenoxy) is 2. The summed E-state index contributed by atoms with van der Waals surface area (Å²) in [5.41, 5.74) is 0.0440. The van der Waals surface area contributed by atoms with Crippen molar-refractivity contribution in [2.75, 3.05) is 0 Å². The van der Waals surface area contributed by atoms with E-state index in [1.165, 1.54) is 31.6 Å². The van der Waals surface area contributed by atoms with E-state index < -0.39 is 17.4 Å². The van der Waals surface area contributed by atoms with Gasteiger partial charge in [0.2, 0.25) is 0 Å². The van der Waals surface area contributed by atoms with Gasteiger partial charge in [-0.3, -0.25) is 0 Å². The highest BCUT2D eigenvalue weighted by molar-refractivity contribution is 5.24.